The molecule has 0 aromatic carbocycles. The normalized spacial score (nSPS) is 23.2. The van der Waals surface area contributed by atoms with Crippen molar-refractivity contribution in [2.45, 2.75) is 83.7 Å². The highest BCUT2D eigenvalue weighted by Crippen LogP contribution is 2.33. The summed E-state index contributed by atoms with van der Waals surface area (Å²) in [6.07, 6.45) is 16.1. The third-order valence-corrected chi connectivity index (χ3v) is 5.22. The van der Waals surface area contributed by atoms with Crippen molar-refractivity contribution in [2.75, 3.05) is 6.61 Å². The first-order chi connectivity index (χ1) is 12.4. The third-order valence-electron chi connectivity index (χ3n) is 5.22. The molecule has 26 heavy (non-hydrogen) atoms. The summed E-state index contributed by atoms with van der Waals surface area (Å²) >= 11 is 0. The summed E-state index contributed by atoms with van der Waals surface area (Å²) in [6, 6.07) is 0. The van der Waals surface area contributed by atoms with Crippen molar-refractivity contribution in [1.29, 1.82) is 0 Å². The second-order valence-corrected chi connectivity index (χ2v) is 7.80. The molecule has 148 valence electrons. The molecule has 0 saturated heterocycles. The molecule has 1 saturated carbocycles. The number of aliphatic hydroxyl groups is 2. The zero-order valence-electron chi connectivity index (χ0n) is 16.5. The van der Waals surface area contributed by atoms with Crippen LogP contribution >= 0.6 is 0 Å². The van der Waals surface area contributed by atoms with Gasteiger partial charge in [0.1, 0.15) is 12.4 Å². The van der Waals surface area contributed by atoms with E-state index < -0.39 is 5.60 Å². The number of allylic oxidation sites excluding steroid dienone is 3. The average Bonchev–Trinajstić information content (AvgIpc) is 2.96. The molecular weight excluding hydrogens is 328 g/mol. The fraction of sp³-hybridized carbons (Fsp3) is 0.727. The van der Waals surface area contributed by atoms with Gasteiger partial charge in [0.05, 0.1) is 5.60 Å². The van der Waals surface area contributed by atoms with Crippen LogP contribution in [0, 0.1) is 11.8 Å². The van der Waals surface area contributed by atoms with Gasteiger partial charge in [-0.05, 0) is 51.4 Å². The Morgan fingerprint density at radius 2 is 2.04 bits per heavy atom. The van der Waals surface area contributed by atoms with Crippen LogP contribution in [0.1, 0.15) is 78.1 Å². The average molecular weight is 365 g/mol. The molecule has 0 radical (unpaired) electrons. The van der Waals surface area contributed by atoms with Crippen LogP contribution in [0.25, 0.3) is 0 Å². The molecule has 0 heterocycles. The molecule has 0 aromatic rings. The molecule has 0 aromatic heterocycles. The maximum absolute atomic E-state index is 12.1. The second kappa shape index (κ2) is 12.2. The molecule has 0 spiro atoms. The lowest BCUT2D eigenvalue weighted by atomic mass is 9.89. The quantitative estimate of drug-likeness (QED) is 0.380. The standard InChI is InChI=1S/C22H36O4/c1-3-4-15-22(2,26)16-9-10-18-13-14-21(25)20(18)12-8-6-5-7-11-19(24)17-23/h6,8-10,18,20,23,26H,3-5,7,11-17H2,1-2H3/t18-,20+,22?/m0/s1. The highest BCUT2D eigenvalue weighted by atomic mass is 16.3. The van der Waals surface area contributed by atoms with Gasteiger partial charge in [-0.25, -0.2) is 0 Å². The molecular formula is C22H36O4. The molecule has 2 N–H and O–H groups in total. The molecule has 1 rings (SSSR count). The Kier molecular flexibility index (Phi) is 10.7. The minimum atomic E-state index is -0.656. The highest BCUT2D eigenvalue weighted by molar-refractivity contribution is 5.83. The van der Waals surface area contributed by atoms with E-state index in [1.54, 1.807) is 0 Å². The van der Waals surface area contributed by atoms with E-state index in [1.807, 2.05) is 13.0 Å². The number of hydrogen-bond donors (Lipinski definition) is 2. The van der Waals surface area contributed by atoms with Gasteiger partial charge in [0.15, 0.2) is 5.78 Å². The number of hydrogen-bond acceptors (Lipinski definition) is 4. The first-order valence-electron chi connectivity index (χ1n) is 10.1. The SMILES string of the molecule is CCCCC(C)(O)CC=C[C@H]1CCC(=O)[C@@H]1CC=CCCCC(=O)CO. The van der Waals surface area contributed by atoms with Crippen molar-refractivity contribution >= 4 is 11.6 Å². The third kappa shape index (κ3) is 8.91. The van der Waals surface area contributed by atoms with E-state index in [4.69, 9.17) is 5.11 Å². The van der Waals surface area contributed by atoms with E-state index in [-0.39, 0.29) is 24.2 Å². The molecule has 4 nitrogen and oxygen atoms in total. The van der Waals surface area contributed by atoms with Crippen molar-refractivity contribution in [3.63, 3.8) is 0 Å². The monoisotopic (exact) mass is 364 g/mol. The van der Waals surface area contributed by atoms with E-state index in [1.165, 1.54) is 0 Å². The number of aliphatic hydroxyl groups excluding tert-OH is 1. The predicted octanol–water partition coefficient (Wildman–Crippen LogP) is 4.15. The lowest BCUT2D eigenvalue weighted by Crippen LogP contribution is -2.22. The van der Waals surface area contributed by atoms with Gasteiger partial charge in [-0.1, -0.05) is 44.1 Å². The second-order valence-electron chi connectivity index (χ2n) is 7.80. The number of ketones is 2. The lowest BCUT2D eigenvalue weighted by Gasteiger charge is -2.21. The number of rotatable bonds is 13. The summed E-state index contributed by atoms with van der Waals surface area (Å²) in [5, 5.41) is 19.0. The lowest BCUT2D eigenvalue weighted by molar-refractivity contribution is -0.122. The van der Waals surface area contributed by atoms with Crippen LogP contribution < -0.4 is 0 Å². The Balaban J connectivity index is 2.40. The van der Waals surface area contributed by atoms with Gasteiger partial charge in [-0.2, -0.15) is 0 Å². The maximum atomic E-state index is 12.1. The van der Waals surface area contributed by atoms with Crippen LogP contribution in [0.5, 0.6) is 0 Å². The van der Waals surface area contributed by atoms with Crippen LogP contribution in [0.4, 0.5) is 0 Å². The first-order valence-corrected chi connectivity index (χ1v) is 10.1. The van der Waals surface area contributed by atoms with E-state index in [0.29, 0.717) is 25.0 Å². The van der Waals surface area contributed by atoms with Gasteiger partial charge in [0.25, 0.3) is 0 Å². The van der Waals surface area contributed by atoms with Crippen LogP contribution in [-0.4, -0.2) is 34.0 Å². The molecule has 0 bridgehead atoms. The van der Waals surface area contributed by atoms with Gasteiger partial charge in [-0.3, -0.25) is 9.59 Å². The van der Waals surface area contributed by atoms with Crippen molar-refractivity contribution in [1.82, 2.24) is 0 Å². The Morgan fingerprint density at radius 1 is 1.27 bits per heavy atom. The molecule has 1 fully saturated rings. The van der Waals surface area contributed by atoms with Crippen LogP contribution in [0.15, 0.2) is 24.3 Å². The van der Waals surface area contributed by atoms with Gasteiger partial charge >= 0.3 is 0 Å². The maximum Gasteiger partial charge on any atom is 0.158 e. The van der Waals surface area contributed by atoms with Gasteiger partial charge in [0.2, 0.25) is 0 Å². The van der Waals surface area contributed by atoms with E-state index in [0.717, 1.165) is 44.9 Å². The molecule has 3 atom stereocenters. The van der Waals surface area contributed by atoms with Crippen molar-refractivity contribution < 1.29 is 19.8 Å². The zero-order chi connectivity index (χ0) is 19.4. The van der Waals surface area contributed by atoms with Gasteiger partial charge in [0, 0.05) is 18.8 Å². The Bertz CT molecular complexity index is 490. The number of Topliss-reactive ketones (excluding diaryl/α,β-unsaturated/α-hetero) is 2. The van der Waals surface area contributed by atoms with E-state index in [9.17, 15) is 14.7 Å². The predicted molar refractivity (Wildman–Crippen MR) is 105 cm³/mol. The van der Waals surface area contributed by atoms with Crippen LogP contribution in [0.3, 0.4) is 0 Å². The highest BCUT2D eigenvalue weighted by Gasteiger charge is 2.31. The van der Waals surface area contributed by atoms with Gasteiger partial charge in [-0.15, -0.1) is 0 Å². The number of unbranched alkanes of at least 4 members (excludes halogenated alkanes) is 2. The van der Waals surface area contributed by atoms with E-state index >= 15 is 0 Å². The summed E-state index contributed by atoms with van der Waals surface area (Å²) in [7, 11) is 0. The van der Waals surface area contributed by atoms with Crippen LogP contribution in [-0.2, 0) is 9.59 Å². The Hall–Kier alpha value is -1.26. The first kappa shape index (κ1) is 22.8. The molecule has 0 aliphatic heterocycles. The molecule has 0 amide bonds. The van der Waals surface area contributed by atoms with Crippen LogP contribution in [0.2, 0.25) is 0 Å². The number of carbonyl (C=O) groups excluding carboxylic acids is 2. The Labute approximate surface area is 158 Å². The van der Waals surface area contributed by atoms with Crippen molar-refractivity contribution in [2.24, 2.45) is 11.8 Å². The summed E-state index contributed by atoms with van der Waals surface area (Å²) < 4.78 is 0. The van der Waals surface area contributed by atoms with Crippen molar-refractivity contribution in [3.05, 3.63) is 24.3 Å². The fourth-order valence-corrected chi connectivity index (χ4v) is 3.48. The smallest absolute Gasteiger partial charge is 0.158 e. The largest absolute Gasteiger partial charge is 0.390 e. The minimum absolute atomic E-state index is 0.0437. The molecule has 1 unspecified atom stereocenters. The minimum Gasteiger partial charge on any atom is -0.390 e. The van der Waals surface area contributed by atoms with Crippen molar-refractivity contribution in [3.8, 4) is 0 Å². The van der Waals surface area contributed by atoms with Gasteiger partial charge < -0.3 is 10.2 Å². The summed E-state index contributed by atoms with van der Waals surface area (Å²) in [5.74, 6) is 0.522. The topological polar surface area (TPSA) is 74.6 Å². The molecule has 1 aliphatic carbocycles. The molecule has 4 heteroatoms. The summed E-state index contributed by atoms with van der Waals surface area (Å²) in [5.41, 5.74) is -0.656. The molecule has 1 aliphatic rings. The Morgan fingerprint density at radius 3 is 2.73 bits per heavy atom. The number of carbonyl (C=O) groups is 2. The van der Waals surface area contributed by atoms with E-state index in [2.05, 4.69) is 25.2 Å². The summed E-state index contributed by atoms with van der Waals surface area (Å²) in [4.78, 5) is 23.2. The zero-order valence-corrected chi connectivity index (χ0v) is 16.5. The summed E-state index contributed by atoms with van der Waals surface area (Å²) in [6.45, 7) is 3.63. The fourth-order valence-electron chi connectivity index (χ4n) is 3.48.